The van der Waals surface area contributed by atoms with Crippen molar-refractivity contribution in [2.45, 2.75) is 19.9 Å². The summed E-state index contributed by atoms with van der Waals surface area (Å²) in [4.78, 5) is 15.7. The van der Waals surface area contributed by atoms with Gasteiger partial charge in [0, 0.05) is 24.0 Å². The van der Waals surface area contributed by atoms with Gasteiger partial charge in [0.25, 0.3) is 0 Å². The van der Waals surface area contributed by atoms with Gasteiger partial charge in [0.1, 0.15) is 5.01 Å². The van der Waals surface area contributed by atoms with Crippen molar-refractivity contribution in [3.8, 4) is 10.6 Å². The van der Waals surface area contributed by atoms with E-state index in [0.717, 1.165) is 16.3 Å². The number of hydrogen-bond acceptors (Lipinski definition) is 5. The molecule has 0 amide bonds. The number of esters is 1. The number of rotatable bonds is 7. The molecule has 0 fully saturated rings. The average Bonchev–Trinajstić information content (AvgIpc) is 2.93. The molecule has 1 aromatic heterocycles. The van der Waals surface area contributed by atoms with E-state index in [1.54, 1.807) is 18.3 Å². The van der Waals surface area contributed by atoms with E-state index in [1.807, 2.05) is 29.6 Å². The smallest absolute Gasteiger partial charge is 0.307 e. The first-order chi connectivity index (χ1) is 10.2. The summed E-state index contributed by atoms with van der Waals surface area (Å²) >= 11 is 7.72. The highest BCUT2D eigenvalue weighted by Gasteiger charge is 2.08. The average molecular weight is 325 g/mol. The lowest BCUT2D eigenvalue weighted by Gasteiger charge is -2.03. The molecule has 0 radical (unpaired) electrons. The van der Waals surface area contributed by atoms with Gasteiger partial charge in [-0.15, -0.1) is 11.3 Å². The van der Waals surface area contributed by atoms with Gasteiger partial charge in [-0.25, -0.2) is 4.98 Å². The molecule has 21 heavy (non-hydrogen) atoms. The second-order valence-corrected chi connectivity index (χ2v) is 5.62. The van der Waals surface area contributed by atoms with E-state index in [1.165, 1.54) is 0 Å². The highest BCUT2D eigenvalue weighted by Crippen LogP contribution is 2.29. The minimum absolute atomic E-state index is 0.181. The number of nitrogens with zero attached hydrogens (tertiary/aromatic N) is 1. The molecule has 0 spiro atoms. The number of carbonyl (C=O) groups excluding carboxylic acids is 1. The lowest BCUT2D eigenvalue weighted by Crippen LogP contribution is -2.19. The van der Waals surface area contributed by atoms with E-state index < -0.39 is 0 Å². The standard InChI is InChI=1S/C15H17ClN2O2S/c1-2-20-14(19)7-8-17-9-11-10-21-15(18-11)12-5-3-4-6-13(12)16/h3-6,10,17H,2,7-9H2,1H3. The third-order valence-corrected chi connectivity index (χ3v) is 4.03. The molecule has 1 aromatic carbocycles. The van der Waals surface area contributed by atoms with Crippen LogP contribution in [-0.4, -0.2) is 24.1 Å². The van der Waals surface area contributed by atoms with E-state index >= 15 is 0 Å². The molecule has 0 aliphatic heterocycles. The Morgan fingerprint density at radius 1 is 1.43 bits per heavy atom. The lowest BCUT2D eigenvalue weighted by atomic mass is 10.2. The zero-order valence-corrected chi connectivity index (χ0v) is 13.3. The van der Waals surface area contributed by atoms with E-state index in [9.17, 15) is 4.79 Å². The molecule has 0 aliphatic carbocycles. The van der Waals surface area contributed by atoms with E-state index in [0.29, 0.717) is 31.1 Å². The summed E-state index contributed by atoms with van der Waals surface area (Å²) in [6, 6.07) is 7.66. The predicted molar refractivity (Wildman–Crippen MR) is 85.5 cm³/mol. The Labute approximate surface area is 133 Å². The third-order valence-electron chi connectivity index (χ3n) is 2.77. The minimum Gasteiger partial charge on any atom is -0.466 e. The summed E-state index contributed by atoms with van der Waals surface area (Å²) in [6.07, 6.45) is 0.370. The Bertz CT molecular complexity index is 601. The summed E-state index contributed by atoms with van der Waals surface area (Å²) in [6.45, 7) is 3.43. The monoisotopic (exact) mass is 324 g/mol. The molecule has 2 aromatic rings. The molecular weight excluding hydrogens is 308 g/mol. The molecule has 2 rings (SSSR count). The Hall–Kier alpha value is -1.43. The Morgan fingerprint density at radius 2 is 2.24 bits per heavy atom. The predicted octanol–water partition coefficient (Wildman–Crippen LogP) is 3.51. The van der Waals surface area contributed by atoms with Crippen molar-refractivity contribution < 1.29 is 9.53 Å². The number of nitrogens with one attached hydrogen (secondary N) is 1. The summed E-state index contributed by atoms with van der Waals surface area (Å²) in [5, 5.41) is 6.78. The highest BCUT2D eigenvalue weighted by atomic mass is 35.5. The molecule has 1 N–H and O–H groups in total. The molecule has 0 saturated heterocycles. The maximum absolute atomic E-state index is 11.2. The number of hydrogen-bond donors (Lipinski definition) is 1. The Kier molecular flexibility index (Phi) is 6.17. The second-order valence-electron chi connectivity index (χ2n) is 4.36. The van der Waals surface area contributed by atoms with Crippen molar-refractivity contribution in [3.05, 3.63) is 40.4 Å². The first-order valence-electron chi connectivity index (χ1n) is 6.76. The van der Waals surface area contributed by atoms with Crippen LogP contribution in [0, 0.1) is 0 Å². The van der Waals surface area contributed by atoms with Crippen LogP contribution >= 0.6 is 22.9 Å². The van der Waals surface area contributed by atoms with Crippen LogP contribution in [0.15, 0.2) is 29.6 Å². The first-order valence-corrected chi connectivity index (χ1v) is 8.02. The van der Waals surface area contributed by atoms with Crippen molar-refractivity contribution in [2.75, 3.05) is 13.2 Å². The van der Waals surface area contributed by atoms with Crippen LogP contribution in [0.5, 0.6) is 0 Å². The Morgan fingerprint density at radius 3 is 3.00 bits per heavy atom. The van der Waals surface area contributed by atoms with Crippen molar-refractivity contribution in [3.63, 3.8) is 0 Å². The maximum atomic E-state index is 11.2. The van der Waals surface area contributed by atoms with Crippen molar-refractivity contribution in [1.82, 2.24) is 10.3 Å². The maximum Gasteiger partial charge on any atom is 0.307 e. The third kappa shape index (κ3) is 4.81. The van der Waals surface area contributed by atoms with Gasteiger partial charge in [-0.05, 0) is 13.0 Å². The summed E-state index contributed by atoms with van der Waals surface area (Å²) in [5.41, 5.74) is 1.89. The molecule has 1 heterocycles. The van der Waals surface area contributed by atoms with Crippen LogP contribution in [0.1, 0.15) is 19.0 Å². The van der Waals surface area contributed by atoms with Crippen LogP contribution in [0.4, 0.5) is 0 Å². The van der Waals surface area contributed by atoms with Gasteiger partial charge in [-0.1, -0.05) is 29.8 Å². The molecule has 0 unspecified atom stereocenters. The van der Waals surface area contributed by atoms with Gasteiger partial charge < -0.3 is 10.1 Å². The van der Waals surface area contributed by atoms with Crippen LogP contribution in [0.3, 0.4) is 0 Å². The van der Waals surface area contributed by atoms with Gasteiger partial charge >= 0.3 is 5.97 Å². The second kappa shape index (κ2) is 8.12. The molecular formula is C15H17ClN2O2S. The summed E-state index contributed by atoms with van der Waals surface area (Å²) in [5.74, 6) is -0.181. The molecule has 0 atom stereocenters. The quantitative estimate of drug-likeness (QED) is 0.625. The normalized spacial score (nSPS) is 10.6. The molecule has 0 saturated carbocycles. The zero-order chi connectivity index (χ0) is 15.1. The van der Waals surface area contributed by atoms with Crippen LogP contribution in [0.25, 0.3) is 10.6 Å². The van der Waals surface area contributed by atoms with E-state index in [-0.39, 0.29) is 5.97 Å². The van der Waals surface area contributed by atoms with Crippen LogP contribution in [-0.2, 0) is 16.1 Å². The van der Waals surface area contributed by atoms with Gasteiger partial charge in [-0.2, -0.15) is 0 Å². The van der Waals surface area contributed by atoms with Gasteiger partial charge in [0.15, 0.2) is 0 Å². The van der Waals surface area contributed by atoms with Crippen molar-refractivity contribution >= 4 is 28.9 Å². The zero-order valence-electron chi connectivity index (χ0n) is 11.8. The first kappa shape index (κ1) is 15.9. The summed E-state index contributed by atoms with van der Waals surface area (Å²) < 4.78 is 4.86. The largest absolute Gasteiger partial charge is 0.466 e. The van der Waals surface area contributed by atoms with E-state index in [4.69, 9.17) is 16.3 Å². The highest BCUT2D eigenvalue weighted by molar-refractivity contribution is 7.13. The number of benzene rings is 1. The van der Waals surface area contributed by atoms with Gasteiger partial charge in [-0.3, -0.25) is 4.79 Å². The number of thiazole rings is 1. The number of halogens is 1. The lowest BCUT2D eigenvalue weighted by molar-refractivity contribution is -0.142. The number of ether oxygens (including phenoxy) is 1. The SMILES string of the molecule is CCOC(=O)CCNCc1csc(-c2ccccc2Cl)n1. The van der Waals surface area contributed by atoms with Gasteiger partial charge in [0.2, 0.25) is 0 Å². The molecule has 0 aliphatic rings. The van der Waals surface area contributed by atoms with Gasteiger partial charge in [0.05, 0.1) is 23.7 Å². The topological polar surface area (TPSA) is 51.2 Å². The summed E-state index contributed by atoms with van der Waals surface area (Å²) in [7, 11) is 0. The van der Waals surface area contributed by atoms with Crippen molar-refractivity contribution in [1.29, 1.82) is 0 Å². The van der Waals surface area contributed by atoms with Crippen molar-refractivity contribution in [2.24, 2.45) is 0 Å². The fourth-order valence-corrected chi connectivity index (χ4v) is 2.93. The minimum atomic E-state index is -0.181. The fourth-order valence-electron chi connectivity index (χ4n) is 1.79. The molecule has 4 nitrogen and oxygen atoms in total. The Balaban J connectivity index is 1.84. The molecule has 112 valence electrons. The fraction of sp³-hybridized carbons (Fsp3) is 0.333. The number of aromatic nitrogens is 1. The van der Waals surface area contributed by atoms with Crippen LogP contribution in [0.2, 0.25) is 5.02 Å². The van der Waals surface area contributed by atoms with Crippen LogP contribution < -0.4 is 5.32 Å². The molecule has 6 heteroatoms. The molecule has 0 bridgehead atoms. The van der Waals surface area contributed by atoms with E-state index in [2.05, 4.69) is 10.3 Å². The number of carbonyl (C=O) groups is 1.